The Hall–Kier alpha value is -1.19. The van der Waals surface area contributed by atoms with E-state index in [1.807, 2.05) is 24.0 Å². The number of pyridine rings is 1. The first-order chi connectivity index (χ1) is 10.9. The molecule has 1 aliphatic heterocycles. The third kappa shape index (κ3) is 6.03. The van der Waals surface area contributed by atoms with Crippen LogP contribution in [0, 0.1) is 6.92 Å². The molecule has 1 atom stereocenters. The maximum Gasteiger partial charge on any atom is 0.478 e. The molecule has 8 heteroatoms. The van der Waals surface area contributed by atoms with Gasteiger partial charge in [-0.3, -0.25) is 0 Å². The predicted octanol–water partition coefficient (Wildman–Crippen LogP) is 0.135. The summed E-state index contributed by atoms with van der Waals surface area (Å²) in [6.07, 6.45) is 1.77. The molecule has 1 aromatic heterocycles. The second-order valence-electron chi connectivity index (χ2n) is 7.06. The van der Waals surface area contributed by atoms with Crippen molar-refractivity contribution in [2.45, 2.75) is 51.8 Å². The second-order valence-corrected chi connectivity index (χ2v) is 7.06. The second kappa shape index (κ2) is 8.27. The van der Waals surface area contributed by atoms with Crippen molar-refractivity contribution in [2.75, 3.05) is 24.7 Å². The van der Waals surface area contributed by atoms with Crippen LogP contribution >= 0.6 is 0 Å². The molecule has 1 saturated heterocycles. The van der Waals surface area contributed by atoms with Gasteiger partial charge in [-0.05, 0) is 46.2 Å². The van der Waals surface area contributed by atoms with Crippen LogP contribution in [-0.2, 0) is 4.74 Å². The number of aryl methyl sites for hydroxylation is 1. The molecule has 0 spiro atoms. The number of aromatic nitrogens is 1. The van der Waals surface area contributed by atoms with E-state index in [9.17, 15) is 10.0 Å². The molecular weight excluding hydrogens is 311 g/mol. The van der Waals surface area contributed by atoms with Gasteiger partial charge in [0.15, 0.2) is 0 Å². The monoisotopic (exact) mass is 340 g/mol. The van der Waals surface area contributed by atoms with Crippen molar-refractivity contribution in [2.24, 2.45) is 0 Å². The van der Waals surface area contributed by atoms with Gasteiger partial charge < -0.3 is 29.9 Å². The van der Waals surface area contributed by atoms with Gasteiger partial charge in [-0.15, -0.1) is 0 Å². The lowest BCUT2D eigenvalue weighted by molar-refractivity contribution is -0.107. The SMILES string of the molecule is CC(C)(O)C(C)(C)O.Cc1ccc(N2CCOCC2B(O)O)nc1. The molecule has 0 saturated carbocycles. The van der Waals surface area contributed by atoms with Crippen LogP contribution in [-0.4, -0.2) is 69.3 Å². The Morgan fingerprint density at radius 2 is 1.75 bits per heavy atom. The van der Waals surface area contributed by atoms with Crippen LogP contribution in [0.4, 0.5) is 5.82 Å². The van der Waals surface area contributed by atoms with Crippen LogP contribution < -0.4 is 4.90 Å². The number of hydrogen-bond acceptors (Lipinski definition) is 7. The summed E-state index contributed by atoms with van der Waals surface area (Å²) in [5.74, 6) is 0.316. The fourth-order valence-electron chi connectivity index (χ4n) is 1.78. The molecule has 1 fully saturated rings. The third-order valence-electron chi connectivity index (χ3n) is 4.20. The average molecular weight is 340 g/mol. The van der Waals surface area contributed by atoms with Gasteiger partial charge in [-0.2, -0.15) is 0 Å². The van der Waals surface area contributed by atoms with E-state index in [1.165, 1.54) is 0 Å². The number of anilines is 1. The molecular formula is C16H29BN2O5. The number of rotatable bonds is 3. The highest BCUT2D eigenvalue weighted by atomic mass is 16.5. The lowest BCUT2D eigenvalue weighted by atomic mass is 9.78. The first-order valence-electron chi connectivity index (χ1n) is 8.01. The molecule has 136 valence electrons. The van der Waals surface area contributed by atoms with Crippen molar-refractivity contribution in [1.29, 1.82) is 0 Å². The summed E-state index contributed by atoms with van der Waals surface area (Å²) >= 11 is 0. The maximum atomic E-state index is 9.27. The topological polar surface area (TPSA) is 106 Å². The van der Waals surface area contributed by atoms with Crippen molar-refractivity contribution in [3.8, 4) is 0 Å². The standard InChI is InChI=1S/C10H15BN2O3.C6H14O2/c1-8-2-3-10(12-6-8)13-4-5-16-7-9(13)11(14)15;1-5(2,7)6(3,4)8/h2-3,6,9,14-15H,4-5,7H2,1H3;7-8H,1-4H3. The summed E-state index contributed by atoms with van der Waals surface area (Å²) < 4.78 is 5.23. The highest BCUT2D eigenvalue weighted by Gasteiger charge is 2.33. The summed E-state index contributed by atoms with van der Waals surface area (Å²) in [6.45, 7) is 9.79. The zero-order valence-electron chi connectivity index (χ0n) is 15.1. The number of nitrogens with zero attached hydrogens (tertiary/aromatic N) is 2. The van der Waals surface area contributed by atoms with Gasteiger partial charge in [0, 0.05) is 12.7 Å². The molecule has 0 aliphatic carbocycles. The fraction of sp³-hybridized carbons (Fsp3) is 0.688. The first-order valence-corrected chi connectivity index (χ1v) is 8.01. The van der Waals surface area contributed by atoms with E-state index in [1.54, 1.807) is 33.9 Å². The Kier molecular flexibility index (Phi) is 7.18. The zero-order chi connectivity index (χ0) is 18.5. The van der Waals surface area contributed by atoms with E-state index >= 15 is 0 Å². The number of hydrogen-bond donors (Lipinski definition) is 4. The Morgan fingerprint density at radius 3 is 2.17 bits per heavy atom. The van der Waals surface area contributed by atoms with Crippen molar-refractivity contribution < 1.29 is 25.0 Å². The zero-order valence-corrected chi connectivity index (χ0v) is 15.1. The smallest absolute Gasteiger partial charge is 0.426 e. The Balaban J connectivity index is 0.000000307. The quantitative estimate of drug-likeness (QED) is 0.580. The lowest BCUT2D eigenvalue weighted by Crippen LogP contribution is -2.54. The number of morpholine rings is 1. The van der Waals surface area contributed by atoms with Gasteiger partial charge in [0.1, 0.15) is 5.82 Å². The number of aliphatic hydroxyl groups is 2. The molecule has 0 aromatic carbocycles. The highest BCUT2D eigenvalue weighted by molar-refractivity contribution is 6.44. The predicted molar refractivity (Wildman–Crippen MR) is 93.7 cm³/mol. The van der Waals surface area contributed by atoms with Gasteiger partial charge in [0.25, 0.3) is 0 Å². The molecule has 2 heterocycles. The van der Waals surface area contributed by atoms with E-state index in [-0.39, 0.29) is 0 Å². The molecule has 4 N–H and O–H groups in total. The largest absolute Gasteiger partial charge is 0.478 e. The number of ether oxygens (including phenoxy) is 1. The minimum atomic E-state index is -1.41. The van der Waals surface area contributed by atoms with Crippen LogP contribution in [0.3, 0.4) is 0 Å². The molecule has 7 nitrogen and oxygen atoms in total. The summed E-state index contributed by atoms with van der Waals surface area (Å²) in [4.78, 5) is 6.15. The van der Waals surface area contributed by atoms with Crippen LogP contribution in [0.5, 0.6) is 0 Å². The molecule has 0 radical (unpaired) electrons. The van der Waals surface area contributed by atoms with Gasteiger partial charge in [-0.1, -0.05) is 6.07 Å². The summed E-state index contributed by atoms with van der Waals surface area (Å²) in [6, 6.07) is 3.84. The van der Waals surface area contributed by atoms with Crippen molar-refractivity contribution in [3.05, 3.63) is 23.9 Å². The van der Waals surface area contributed by atoms with Crippen LogP contribution in [0.15, 0.2) is 18.3 Å². The molecule has 1 unspecified atom stereocenters. The molecule has 1 aromatic rings. The normalized spacial score (nSPS) is 18.7. The van der Waals surface area contributed by atoms with Gasteiger partial charge in [0.05, 0.1) is 30.4 Å². The minimum Gasteiger partial charge on any atom is -0.426 e. The lowest BCUT2D eigenvalue weighted by Gasteiger charge is -2.35. The van der Waals surface area contributed by atoms with Gasteiger partial charge >= 0.3 is 7.12 Å². The first kappa shape index (κ1) is 20.9. The van der Waals surface area contributed by atoms with E-state index in [0.29, 0.717) is 19.8 Å². The van der Waals surface area contributed by atoms with Gasteiger partial charge in [-0.25, -0.2) is 4.98 Å². The van der Waals surface area contributed by atoms with E-state index in [2.05, 4.69) is 4.98 Å². The van der Waals surface area contributed by atoms with Crippen molar-refractivity contribution in [3.63, 3.8) is 0 Å². The molecule has 0 bridgehead atoms. The molecule has 24 heavy (non-hydrogen) atoms. The minimum absolute atomic E-state index is 0.313. The molecule has 2 rings (SSSR count). The highest BCUT2D eigenvalue weighted by Crippen LogP contribution is 2.19. The average Bonchev–Trinajstić information content (AvgIpc) is 2.46. The summed E-state index contributed by atoms with van der Waals surface area (Å²) in [5.41, 5.74) is -0.932. The molecule has 1 aliphatic rings. The van der Waals surface area contributed by atoms with Crippen LogP contribution in [0.1, 0.15) is 33.3 Å². The fourth-order valence-corrected chi connectivity index (χ4v) is 1.78. The van der Waals surface area contributed by atoms with Crippen LogP contribution in [0.25, 0.3) is 0 Å². The summed E-state index contributed by atoms with van der Waals surface area (Å²) in [7, 11) is -1.41. The van der Waals surface area contributed by atoms with E-state index in [4.69, 9.17) is 14.9 Å². The third-order valence-corrected chi connectivity index (χ3v) is 4.20. The van der Waals surface area contributed by atoms with Gasteiger partial charge in [0.2, 0.25) is 0 Å². The Labute approximate surface area is 144 Å². The van der Waals surface area contributed by atoms with E-state index in [0.717, 1.165) is 11.4 Å². The molecule has 0 amide bonds. The maximum absolute atomic E-state index is 9.27. The Bertz CT molecular complexity index is 485. The van der Waals surface area contributed by atoms with E-state index < -0.39 is 24.3 Å². The van der Waals surface area contributed by atoms with Crippen molar-refractivity contribution >= 4 is 12.9 Å². The van der Waals surface area contributed by atoms with Crippen molar-refractivity contribution in [1.82, 2.24) is 4.98 Å². The van der Waals surface area contributed by atoms with Crippen LogP contribution in [0.2, 0.25) is 0 Å². The summed E-state index contributed by atoms with van der Waals surface area (Å²) in [5, 5.41) is 36.7. The Morgan fingerprint density at radius 1 is 1.17 bits per heavy atom.